The topological polar surface area (TPSA) is 65.4 Å². The van der Waals surface area contributed by atoms with Crippen LogP contribution in [0.2, 0.25) is 0 Å². The van der Waals surface area contributed by atoms with Crippen LogP contribution in [0.15, 0.2) is 24.3 Å². The molecule has 0 saturated carbocycles. The van der Waals surface area contributed by atoms with Gasteiger partial charge in [-0.2, -0.15) is 10.7 Å². The highest BCUT2D eigenvalue weighted by Crippen LogP contribution is 2.10. The quantitative estimate of drug-likeness (QED) is 0.736. The highest BCUT2D eigenvalue weighted by molar-refractivity contribution is 5.72. The molecule has 0 unspecified atom stereocenters. The summed E-state index contributed by atoms with van der Waals surface area (Å²) in [6.07, 6.45) is 0. The fourth-order valence-corrected chi connectivity index (χ4v) is 0.791. The number of hydrogen-bond donors (Lipinski definition) is 1. The highest BCUT2D eigenvalue weighted by Gasteiger charge is 2.02. The molecule has 5 heteroatoms. The summed E-state index contributed by atoms with van der Waals surface area (Å²) in [4.78, 5) is 17.4. The zero-order valence-electron chi connectivity index (χ0n) is 8.52. The predicted octanol–water partition coefficient (Wildman–Crippen LogP) is 1.12. The van der Waals surface area contributed by atoms with Crippen molar-refractivity contribution in [2.45, 2.75) is 0 Å². The summed E-state index contributed by atoms with van der Waals surface area (Å²) in [7, 11) is 3.22. The maximum atomic E-state index is 11.1. The van der Waals surface area contributed by atoms with Crippen LogP contribution in [-0.2, 0) is 0 Å². The van der Waals surface area contributed by atoms with E-state index in [0.717, 1.165) is 0 Å². The van der Waals surface area contributed by atoms with Crippen LogP contribution in [-0.4, -0.2) is 25.0 Å². The Kier molecular flexibility index (Phi) is 3.52. The van der Waals surface area contributed by atoms with E-state index in [0.29, 0.717) is 11.3 Å². The van der Waals surface area contributed by atoms with Crippen LogP contribution >= 0.6 is 0 Å². The molecule has 0 atom stereocenters. The molecule has 0 fully saturated rings. The predicted molar refractivity (Wildman–Crippen MR) is 54.0 cm³/mol. The minimum atomic E-state index is -0.348. The smallest absolute Gasteiger partial charge is 0.349 e. The van der Waals surface area contributed by atoms with E-state index in [-0.39, 0.29) is 6.03 Å². The molecule has 0 heterocycles. The fourth-order valence-electron chi connectivity index (χ4n) is 0.791. The number of nitriles is 1. The van der Waals surface area contributed by atoms with E-state index in [4.69, 9.17) is 10.1 Å². The number of hydrogen-bond acceptors (Lipinski definition) is 3. The number of amides is 2. The molecule has 0 aromatic heterocycles. The Labute approximate surface area is 87.8 Å². The van der Waals surface area contributed by atoms with Crippen LogP contribution in [0.1, 0.15) is 5.56 Å². The molecule has 1 aromatic rings. The summed E-state index contributed by atoms with van der Waals surface area (Å²) < 4.78 is 0. The molecular formula is C10H11N3O2. The van der Waals surface area contributed by atoms with E-state index in [2.05, 4.69) is 5.48 Å². The monoisotopic (exact) mass is 205 g/mol. The van der Waals surface area contributed by atoms with Crippen LogP contribution in [0.3, 0.4) is 0 Å². The maximum absolute atomic E-state index is 11.1. The summed E-state index contributed by atoms with van der Waals surface area (Å²) in [6, 6.07) is 8.07. The van der Waals surface area contributed by atoms with Gasteiger partial charge in [-0.3, -0.25) is 0 Å². The molecule has 0 aliphatic carbocycles. The Hall–Kier alpha value is -2.22. The lowest BCUT2D eigenvalue weighted by Crippen LogP contribution is -2.36. The number of nitrogens with one attached hydrogen (secondary N) is 1. The number of carbonyl (C=O) groups is 1. The first-order valence-electron chi connectivity index (χ1n) is 4.28. The average molecular weight is 205 g/mol. The zero-order valence-corrected chi connectivity index (χ0v) is 8.52. The van der Waals surface area contributed by atoms with Crippen LogP contribution in [0.25, 0.3) is 0 Å². The molecule has 1 rings (SSSR count). The first-order valence-corrected chi connectivity index (χ1v) is 4.28. The third kappa shape index (κ3) is 3.19. The summed E-state index contributed by atoms with van der Waals surface area (Å²) in [6.45, 7) is 0. The minimum absolute atomic E-state index is 0.348. The standard InChI is InChI=1S/C10H11N3O2/c1-13(2)10(14)12-15-9-5-3-8(7-11)4-6-9/h3-6H,1-2H3,(H,12,14). The van der Waals surface area contributed by atoms with E-state index in [1.807, 2.05) is 6.07 Å². The van der Waals surface area contributed by atoms with Crippen molar-refractivity contribution in [3.05, 3.63) is 29.8 Å². The molecule has 5 nitrogen and oxygen atoms in total. The lowest BCUT2D eigenvalue weighted by molar-refractivity contribution is 0.157. The largest absolute Gasteiger partial charge is 0.378 e. The van der Waals surface area contributed by atoms with Crippen molar-refractivity contribution in [3.63, 3.8) is 0 Å². The summed E-state index contributed by atoms with van der Waals surface area (Å²) >= 11 is 0. The van der Waals surface area contributed by atoms with Gasteiger partial charge in [-0.25, -0.2) is 4.79 Å². The second-order valence-electron chi connectivity index (χ2n) is 3.04. The zero-order chi connectivity index (χ0) is 11.3. The van der Waals surface area contributed by atoms with E-state index >= 15 is 0 Å². The summed E-state index contributed by atoms with van der Waals surface area (Å²) in [5, 5.41) is 8.55. The summed E-state index contributed by atoms with van der Waals surface area (Å²) in [5.74, 6) is 0.476. The highest BCUT2D eigenvalue weighted by atomic mass is 16.7. The Balaban J connectivity index is 2.52. The van der Waals surface area contributed by atoms with Crippen molar-refractivity contribution in [1.82, 2.24) is 10.4 Å². The molecule has 2 amide bonds. The van der Waals surface area contributed by atoms with Crippen molar-refractivity contribution in [1.29, 1.82) is 5.26 Å². The van der Waals surface area contributed by atoms with Gasteiger partial charge in [-0.1, -0.05) is 0 Å². The number of urea groups is 1. The van der Waals surface area contributed by atoms with Gasteiger partial charge >= 0.3 is 6.03 Å². The molecule has 0 radical (unpaired) electrons. The Morgan fingerprint density at radius 3 is 2.47 bits per heavy atom. The number of nitrogens with zero attached hydrogens (tertiary/aromatic N) is 2. The molecule has 0 bridgehead atoms. The molecule has 1 N–H and O–H groups in total. The summed E-state index contributed by atoms with van der Waals surface area (Å²) in [5.41, 5.74) is 2.78. The molecule has 0 saturated heterocycles. The lowest BCUT2D eigenvalue weighted by Gasteiger charge is -2.12. The van der Waals surface area contributed by atoms with Crippen LogP contribution in [0.4, 0.5) is 4.79 Å². The van der Waals surface area contributed by atoms with Crippen LogP contribution in [0.5, 0.6) is 5.75 Å². The minimum Gasteiger partial charge on any atom is -0.378 e. The first-order chi connectivity index (χ1) is 7.13. The van der Waals surface area contributed by atoms with Gasteiger partial charge in [0.05, 0.1) is 11.6 Å². The molecular weight excluding hydrogens is 194 g/mol. The van der Waals surface area contributed by atoms with Gasteiger partial charge in [0, 0.05) is 14.1 Å². The second kappa shape index (κ2) is 4.86. The van der Waals surface area contributed by atoms with Gasteiger partial charge in [0.15, 0.2) is 5.75 Å². The van der Waals surface area contributed by atoms with Crippen molar-refractivity contribution < 1.29 is 9.63 Å². The Morgan fingerprint density at radius 2 is 2.00 bits per heavy atom. The second-order valence-corrected chi connectivity index (χ2v) is 3.04. The number of carbonyl (C=O) groups excluding carboxylic acids is 1. The van der Waals surface area contributed by atoms with E-state index < -0.39 is 0 Å². The lowest BCUT2D eigenvalue weighted by atomic mass is 10.2. The van der Waals surface area contributed by atoms with Gasteiger partial charge in [0.25, 0.3) is 0 Å². The number of rotatable bonds is 2. The van der Waals surface area contributed by atoms with Gasteiger partial charge in [0.2, 0.25) is 0 Å². The van der Waals surface area contributed by atoms with Gasteiger partial charge in [0.1, 0.15) is 0 Å². The van der Waals surface area contributed by atoms with E-state index in [1.165, 1.54) is 4.90 Å². The molecule has 1 aromatic carbocycles. The van der Waals surface area contributed by atoms with Crippen molar-refractivity contribution in [2.75, 3.05) is 14.1 Å². The van der Waals surface area contributed by atoms with E-state index in [9.17, 15) is 4.79 Å². The van der Waals surface area contributed by atoms with Crippen molar-refractivity contribution in [2.24, 2.45) is 0 Å². The maximum Gasteiger partial charge on any atom is 0.349 e. The third-order valence-electron chi connectivity index (χ3n) is 1.65. The van der Waals surface area contributed by atoms with Crippen LogP contribution < -0.4 is 10.3 Å². The van der Waals surface area contributed by atoms with Crippen LogP contribution in [0, 0.1) is 11.3 Å². The third-order valence-corrected chi connectivity index (χ3v) is 1.65. The molecule has 0 spiro atoms. The van der Waals surface area contributed by atoms with Gasteiger partial charge < -0.3 is 9.74 Å². The molecule has 0 aliphatic rings. The van der Waals surface area contributed by atoms with Gasteiger partial charge in [-0.15, -0.1) is 0 Å². The number of benzene rings is 1. The fraction of sp³-hybridized carbons (Fsp3) is 0.200. The van der Waals surface area contributed by atoms with Crippen molar-refractivity contribution in [3.8, 4) is 11.8 Å². The Bertz CT molecular complexity index is 379. The average Bonchev–Trinajstić information content (AvgIpc) is 2.26. The molecule has 78 valence electrons. The number of hydroxylamine groups is 1. The molecule has 0 aliphatic heterocycles. The van der Waals surface area contributed by atoms with Crippen molar-refractivity contribution >= 4 is 6.03 Å². The van der Waals surface area contributed by atoms with E-state index in [1.54, 1.807) is 38.4 Å². The molecule has 15 heavy (non-hydrogen) atoms. The SMILES string of the molecule is CN(C)C(=O)NOc1ccc(C#N)cc1. The normalized spacial score (nSPS) is 8.87. The Morgan fingerprint density at radius 1 is 1.40 bits per heavy atom. The van der Waals surface area contributed by atoms with Gasteiger partial charge in [-0.05, 0) is 24.3 Å². The first kappa shape index (κ1) is 10.9.